The second-order valence-electron chi connectivity index (χ2n) is 4.09. The molecule has 2 rings (SSSR count). The highest BCUT2D eigenvalue weighted by Gasteiger charge is 2.07. The number of ether oxygens (including phenoxy) is 1. The van der Waals surface area contributed by atoms with Crippen LogP contribution in [0.3, 0.4) is 0 Å². The first-order valence-electron chi connectivity index (χ1n) is 6.54. The van der Waals surface area contributed by atoms with E-state index in [4.69, 9.17) is 4.74 Å². The summed E-state index contributed by atoms with van der Waals surface area (Å²) < 4.78 is 6.48. The Bertz CT molecular complexity index is 541. The molecular weight excluding hydrogens is 258 g/mol. The summed E-state index contributed by atoms with van der Waals surface area (Å²) in [6.07, 6.45) is 1.05. The molecule has 1 aromatic heterocycles. The van der Waals surface area contributed by atoms with Crippen LogP contribution in [0.4, 0.5) is 5.95 Å². The third-order valence-electron chi connectivity index (χ3n) is 2.62. The third-order valence-corrected chi connectivity index (χ3v) is 2.62. The van der Waals surface area contributed by atoms with E-state index in [2.05, 4.69) is 20.8 Å². The first kappa shape index (κ1) is 14.0. The summed E-state index contributed by atoms with van der Waals surface area (Å²) in [5, 5.41) is 14.6. The lowest BCUT2D eigenvalue weighted by Gasteiger charge is -2.06. The van der Waals surface area contributed by atoms with Crippen LogP contribution < -0.4 is 5.32 Å². The minimum atomic E-state index is -0.183. The fourth-order valence-corrected chi connectivity index (χ4v) is 1.71. The number of carbonyl (C=O) groups is 1. The molecule has 1 N–H and O–H groups in total. The first-order chi connectivity index (χ1) is 9.81. The molecule has 0 amide bonds. The number of nitrogens with one attached hydrogen (secondary N) is 1. The summed E-state index contributed by atoms with van der Waals surface area (Å²) in [6, 6.07) is 9.60. The van der Waals surface area contributed by atoms with E-state index < -0.39 is 0 Å². The number of anilines is 1. The summed E-state index contributed by atoms with van der Waals surface area (Å²) >= 11 is 0. The molecule has 7 heteroatoms. The summed E-state index contributed by atoms with van der Waals surface area (Å²) in [6.45, 7) is 2.81. The number of aromatic nitrogens is 4. The van der Waals surface area contributed by atoms with Gasteiger partial charge in [-0.2, -0.15) is 4.68 Å². The summed E-state index contributed by atoms with van der Waals surface area (Å²) in [5.41, 5.74) is 0.880. The predicted octanol–water partition coefficient (Wildman–Crippen LogP) is 1.42. The van der Waals surface area contributed by atoms with Crippen LogP contribution in [-0.4, -0.2) is 39.3 Å². The van der Waals surface area contributed by atoms with E-state index in [1.165, 1.54) is 0 Å². The minimum absolute atomic E-state index is 0.183. The van der Waals surface area contributed by atoms with Gasteiger partial charge in [0.05, 0.1) is 12.3 Å². The van der Waals surface area contributed by atoms with Gasteiger partial charge < -0.3 is 10.1 Å². The van der Waals surface area contributed by atoms with E-state index in [0.717, 1.165) is 5.69 Å². The van der Waals surface area contributed by atoms with Crippen molar-refractivity contribution in [1.82, 2.24) is 20.2 Å². The van der Waals surface area contributed by atoms with Crippen molar-refractivity contribution in [2.75, 3.05) is 18.5 Å². The maximum absolute atomic E-state index is 11.2. The monoisotopic (exact) mass is 275 g/mol. The largest absolute Gasteiger partial charge is 0.466 e. The standard InChI is InChI=1S/C13H17N5O2/c1-2-20-12(19)9-6-10-14-13-15-16-17-18(13)11-7-4-3-5-8-11/h3-5,7-8H,2,6,9-10H2,1H3,(H,14,15,17). The Balaban J connectivity index is 1.86. The van der Waals surface area contributed by atoms with Crippen molar-refractivity contribution < 1.29 is 9.53 Å². The number of para-hydroxylation sites is 1. The number of nitrogens with zero attached hydrogens (tertiary/aromatic N) is 4. The first-order valence-corrected chi connectivity index (χ1v) is 6.54. The fourth-order valence-electron chi connectivity index (χ4n) is 1.71. The van der Waals surface area contributed by atoms with Gasteiger partial charge in [0.2, 0.25) is 5.95 Å². The Kier molecular flexibility index (Phi) is 5.05. The predicted molar refractivity (Wildman–Crippen MR) is 73.5 cm³/mol. The zero-order valence-electron chi connectivity index (χ0n) is 11.3. The SMILES string of the molecule is CCOC(=O)CCCNc1nnnn1-c1ccccc1. The van der Waals surface area contributed by atoms with E-state index in [1.807, 2.05) is 30.3 Å². The van der Waals surface area contributed by atoms with Gasteiger partial charge in [-0.15, -0.1) is 0 Å². The lowest BCUT2D eigenvalue weighted by molar-refractivity contribution is -0.143. The third kappa shape index (κ3) is 3.78. The second kappa shape index (κ2) is 7.22. The number of esters is 1. The van der Waals surface area contributed by atoms with Crippen molar-refractivity contribution in [3.63, 3.8) is 0 Å². The summed E-state index contributed by atoms with van der Waals surface area (Å²) in [7, 11) is 0. The molecule has 0 aliphatic heterocycles. The topological polar surface area (TPSA) is 81.9 Å². The van der Waals surface area contributed by atoms with Gasteiger partial charge in [0.1, 0.15) is 0 Å². The molecule has 0 fully saturated rings. The van der Waals surface area contributed by atoms with Crippen LogP contribution in [-0.2, 0) is 9.53 Å². The number of carbonyl (C=O) groups excluding carboxylic acids is 1. The highest BCUT2D eigenvalue weighted by Crippen LogP contribution is 2.10. The normalized spacial score (nSPS) is 10.2. The van der Waals surface area contributed by atoms with Gasteiger partial charge in [0.25, 0.3) is 0 Å². The molecule has 0 saturated carbocycles. The Morgan fingerprint density at radius 2 is 2.15 bits per heavy atom. The summed E-state index contributed by atoms with van der Waals surface area (Å²) in [5.74, 6) is 0.372. The van der Waals surface area contributed by atoms with E-state index in [9.17, 15) is 4.79 Å². The molecule has 1 heterocycles. The molecule has 0 saturated heterocycles. The number of tetrazole rings is 1. The quantitative estimate of drug-likeness (QED) is 0.608. The van der Waals surface area contributed by atoms with Crippen LogP contribution in [0.5, 0.6) is 0 Å². The molecule has 2 aromatic rings. The number of hydrogen-bond donors (Lipinski definition) is 1. The molecule has 106 valence electrons. The minimum Gasteiger partial charge on any atom is -0.466 e. The molecule has 0 bridgehead atoms. The zero-order chi connectivity index (χ0) is 14.2. The smallest absolute Gasteiger partial charge is 0.305 e. The molecule has 0 atom stereocenters. The molecule has 0 aliphatic carbocycles. The van der Waals surface area contributed by atoms with Crippen molar-refractivity contribution in [3.8, 4) is 5.69 Å². The van der Waals surface area contributed by atoms with Gasteiger partial charge in [0.15, 0.2) is 0 Å². The molecule has 0 radical (unpaired) electrons. The molecule has 7 nitrogen and oxygen atoms in total. The highest BCUT2D eigenvalue weighted by molar-refractivity contribution is 5.69. The van der Waals surface area contributed by atoms with Crippen LogP contribution in [0.1, 0.15) is 19.8 Å². The van der Waals surface area contributed by atoms with Gasteiger partial charge in [-0.3, -0.25) is 4.79 Å². The number of rotatable bonds is 7. The number of hydrogen-bond acceptors (Lipinski definition) is 6. The maximum atomic E-state index is 11.2. The lowest BCUT2D eigenvalue weighted by Crippen LogP contribution is -2.11. The maximum Gasteiger partial charge on any atom is 0.305 e. The van der Waals surface area contributed by atoms with Crippen LogP contribution in [0.15, 0.2) is 30.3 Å². The second-order valence-corrected chi connectivity index (χ2v) is 4.09. The lowest BCUT2D eigenvalue weighted by atomic mass is 10.3. The van der Waals surface area contributed by atoms with E-state index in [-0.39, 0.29) is 5.97 Å². The van der Waals surface area contributed by atoms with Gasteiger partial charge in [-0.05, 0) is 35.9 Å². The zero-order valence-corrected chi connectivity index (χ0v) is 11.3. The molecule has 20 heavy (non-hydrogen) atoms. The Morgan fingerprint density at radius 3 is 2.90 bits per heavy atom. The molecule has 0 unspecified atom stereocenters. The number of benzene rings is 1. The fraction of sp³-hybridized carbons (Fsp3) is 0.385. The average molecular weight is 275 g/mol. The van der Waals surface area contributed by atoms with Crippen molar-refractivity contribution in [2.45, 2.75) is 19.8 Å². The van der Waals surface area contributed by atoms with Crippen LogP contribution in [0.2, 0.25) is 0 Å². The van der Waals surface area contributed by atoms with E-state index in [0.29, 0.717) is 31.9 Å². The Morgan fingerprint density at radius 1 is 1.35 bits per heavy atom. The van der Waals surface area contributed by atoms with Crippen molar-refractivity contribution in [2.24, 2.45) is 0 Å². The molecule has 1 aromatic carbocycles. The summed E-state index contributed by atoms with van der Waals surface area (Å²) in [4.78, 5) is 11.2. The van der Waals surface area contributed by atoms with Crippen molar-refractivity contribution in [3.05, 3.63) is 30.3 Å². The van der Waals surface area contributed by atoms with Crippen molar-refractivity contribution >= 4 is 11.9 Å². The molecule has 0 spiro atoms. The van der Waals surface area contributed by atoms with Gasteiger partial charge in [-0.25, -0.2) is 0 Å². The van der Waals surface area contributed by atoms with E-state index in [1.54, 1.807) is 11.6 Å². The van der Waals surface area contributed by atoms with Crippen LogP contribution in [0.25, 0.3) is 5.69 Å². The van der Waals surface area contributed by atoms with Crippen molar-refractivity contribution in [1.29, 1.82) is 0 Å². The molecular formula is C13H17N5O2. The van der Waals surface area contributed by atoms with Crippen LogP contribution >= 0.6 is 0 Å². The average Bonchev–Trinajstić information content (AvgIpc) is 2.93. The van der Waals surface area contributed by atoms with Gasteiger partial charge in [0, 0.05) is 13.0 Å². The van der Waals surface area contributed by atoms with Crippen LogP contribution in [0, 0.1) is 0 Å². The van der Waals surface area contributed by atoms with Gasteiger partial charge in [-0.1, -0.05) is 23.3 Å². The Labute approximate surface area is 116 Å². The molecule has 0 aliphatic rings. The highest BCUT2D eigenvalue weighted by atomic mass is 16.5. The van der Waals surface area contributed by atoms with Gasteiger partial charge >= 0.3 is 5.97 Å². The van der Waals surface area contributed by atoms with E-state index >= 15 is 0 Å². The Hall–Kier alpha value is -2.44.